The van der Waals surface area contributed by atoms with E-state index in [1.165, 1.54) is 0 Å². The molecule has 0 saturated carbocycles. The normalized spacial score (nSPS) is 10.7. The van der Waals surface area contributed by atoms with Crippen molar-refractivity contribution in [2.75, 3.05) is 6.54 Å². The summed E-state index contributed by atoms with van der Waals surface area (Å²) in [5.74, 6) is 0. The van der Waals surface area contributed by atoms with Crippen LogP contribution in [0.1, 0.15) is 28.9 Å². The Balaban J connectivity index is 1.66. The smallest absolute Gasteiger partial charge is 0.407 e. The Morgan fingerprint density at radius 2 is 1.96 bits per heavy atom. The maximum atomic E-state index is 11.6. The fourth-order valence-electron chi connectivity index (χ4n) is 2.12. The van der Waals surface area contributed by atoms with Gasteiger partial charge in [-0.05, 0) is 37.5 Å². The van der Waals surface area contributed by atoms with Gasteiger partial charge in [-0.25, -0.2) is 4.79 Å². The van der Waals surface area contributed by atoms with Gasteiger partial charge in [0.15, 0.2) is 0 Å². The van der Waals surface area contributed by atoms with Gasteiger partial charge < -0.3 is 10.1 Å². The summed E-state index contributed by atoms with van der Waals surface area (Å²) in [7, 11) is 0. The Bertz CT molecular complexity index is 666. The van der Waals surface area contributed by atoms with Crippen molar-refractivity contribution in [1.82, 2.24) is 10.3 Å². The first-order chi connectivity index (χ1) is 11.1. The van der Waals surface area contributed by atoms with Gasteiger partial charge in [0.2, 0.25) is 0 Å². The predicted octanol–water partition coefficient (Wildman–Crippen LogP) is 4.03. The molecule has 0 saturated heterocycles. The number of carbonyl (C=O) groups is 1. The highest BCUT2D eigenvalue weighted by molar-refractivity contribution is 5.67. The average Bonchev–Trinajstić information content (AvgIpc) is 2.55. The van der Waals surface area contributed by atoms with Crippen molar-refractivity contribution >= 4 is 12.2 Å². The van der Waals surface area contributed by atoms with E-state index >= 15 is 0 Å². The maximum absolute atomic E-state index is 11.6. The van der Waals surface area contributed by atoms with E-state index in [1.807, 2.05) is 62.4 Å². The number of hydrogen-bond donors (Lipinski definition) is 1. The highest BCUT2D eigenvalue weighted by Crippen LogP contribution is 2.08. The van der Waals surface area contributed by atoms with E-state index in [2.05, 4.69) is 16.4 Å². The van der Waals surface area contributed by atoms with Gasteiger partial charge in [0.1, 0.15) is 6.61 Å². The van der Waals surface area contributed by atoms with Crippen LogP contribution in [0.25, 0.3) is 6.08 Å². The zero-order valence-electron chi connectivity index (χ0n) is 13.6. The molecule has 0 aliphatic carbocycles. The summed E-state index contributed by atoms with van der Waals surface area (Å²) < 4.78 is 5.14. The summed E-state index contributed by atoms with van der Waals surface area (Å²) in [6, 6.07) is 13.7. The first-order valence-electron chi connectivity index (χ1n) is 7.70. The first-order valence-corrected chi connectivity index (χ1v) is 7.70. The largest absolute Gasteiger partial charge is 0.445 e. The van der Waals surface area contributed by atoms with Crippen molar-refractivity contribution < 1.29 is 9.53 Å². The molecule has 0 spiro atoms. The molecule has 4 heteroatoms. The quantitative estimate of drug-likeness (QED) is 0.820. The lowest BCUT2D eigenvalue weighted by molar-refractivity contribution is 0.140. The van der Waals surface area contributed by atoms with E-state index in [9.17, 15) is 4.79 Å². The van der Waals surface area contributed by atoms with E-state index in [-0.39, 0.29) is 6.61 Å². The summed E-state index contributed by atoms with van der Waals surface area (Å²) in [5.41, 5.74) is 4.10. The zero-order chi connectivity index (χ0) is 16.5. The number of hydrogen-bond acceptors (Lipinski definition) is 3. The minimum atomic E-state index is -0.393. The van der Waals surface area contributed by atoms with Gasteiger partial charge in [-0.1, -0.05) is 48.6 Å². The summed E-state index contributed by atoms with van der Waals surface area (Å²) >= 11 is 0. The van der Waals surface area contributed by atoms with Gasteiger partial charge in [0, 0.05) is 17.9 Å². The molecule has 0 aliphatic rings. The minimum absolute atomic E-state index is 0.288. The topological polar surface area (TPSA) is 51.2 Å². The number of rotatable bonds is 6. The molecule has 0 bridgehead atoms. The molecule has 1 aromatic carbocycles. The van der Waals surface area contributed by atoms with Gasteiger partial charge >= 0.3 is 6.09 Å². The van der Waals surface area contributed by atoms with Crippen LogP contribution in [0.5, 0.6) is 0 Å². The number of alkyl carbamates (subject to hydrolysis) is 1. The van der Waals surface area contributed by atoms with Crippen molar-refractivity contribution in [3.63, 3.8) is 0 Å². The Morgan fingerprint density at radius 3 is 2.70 bits per heavy atom. The second-order valence-corrected chi connectivity index (χ2v) is 5.31. The Kier molecular flexibility index (Phi) is 6.36. The molecule has 2 aromatic rings. The molecular weight excluding hydrogens is 288 g/mol. The standard InChI is InChI=1S/C19H22N2O2/c1-15-11-12-18(16(2)21-15)10-6-7-13-20-19(22)23-14-17-8-4-3-5-9-17/h3-6,8-12H,7,13-14H2,1-2H3,(H,20,22). The number of carbonyl (C=O) groups excluding carboxylic acids is 1. The summed E-state index contributed by atoms with van der Waals surface area (Å²) in [5, 5.41) is 2.73. The van der Waals surface area contributed by atoms with Crippen molar-refractivity contribution in [3.05, 3.63) is 71.1 Å². The lowest BCUT2D eigenvalue weighted by Gasteiger charge is -2.06. The monoisotopic (exact) mass is 310 g/mol. The van der Waals surface area contributed by atoms with Crippen LogP contribution >= 0.6 is 0 Å². The van der Waals surface area contributed by atoms with E-state index in [0.29, 0.717) is 6.54 Å². The molecule has 23 heavy (non-hydrogen) atoms. The molecule has 120 valence electrons. The zero-order valence-corrected chi connectivity index (χ0v) is 13.6. The van der Waals surface area contributed by atoms with Crippen LogP contribution < -0.4 is 5.32 Å². The van der Waals surface area contributed by atoms with E-state index in [4.69, 9.17) is 4.74 Å². The minimum Gasteiger partial charge on any atom is -0.445 e. The molecule has 1 amide bonds. The Morgan fingerprint density at radius 1 is 1.17 bits per heavy atom. The lowest BCUT2D eigenvalue weighted by Crippen LogP contribution is -2.24. The van der Waals surface area contributed by atoms with Crippen LogP contribution in [0.3, 0.4) is 0 Å². The molecule has 1 aromatic heterocycles. The first kappa shape index (κ1) is 16.7. The second-order valence-electron chi connectivity index (χ2n) is 5.31. The van der Waals surface area contributed by atoms with E-state index in [1.54, 1.807) is 0 Å². The maximum Gasteiger partial charge on any atom is 0.407 e. The fraction of sp³-hybridized carbons (Fsp3) is 0.263. The van der Waals surface area contributed by atoms with Crippen LogP contribution in [0.2, 0.25) is 0 Å². The lowest BCUT2D eigenvalue weighted by atomic mass is 10.1. The highest BCUT2D eigenvalue weighted by atomic mass is 16.5. The number of benzene rings is 1. The van der Waals surface area contributed by atoms with Crippen LogP contribution in [-0.2, 0) is 11.3 Å². The third-order valence-corrected chi connectivity index (χ3v) is 3.36. The second kappa shape index (κ2) is 8.73. The molecule has 0 radical (unpaired) electrons. The molecule has 4 nitrogen and oxygen atoms in total. The Labute approximate surface area is 137 Å². The van der Waals surface area contributed by atoms with Crippen LogP contribution in [0, 0.1) is 13.8 Å². The average molecular weight is 310 g/mol. The van der Waals surface area contributed by atoms with Crippen molar-refractivity contribution in [2.45, 2.75) is 26.9 Å². The molecule has 1 heterocycles. The van der Waals surface area contributed by atoms with E-state index < -0.39 is 6.09 Å². The van der Waals surface area contributed by atoms with Crippen molar-refractivity contribution in [1.29, 1.82) is 0 Å². The number of aryl methyl sites for hydroxylation is 2. The molecule has 0 fully saturated rings. The van der Waals surface area contributed by atoms with Gasteiger partial charge in [-0.2, -0.15) is 0 Å². The van der Waals surface area contributed by atoms with Crippen molar-refractivity contribution in [2.24, 2.45) is 0 Å². The van der Waals surface area contributed by atoms with Gasteiger partial charge in [0.05, 0.1) is 0 Å². The number of nitrogens with zero attached hydrogens (tertiary/aromatic N) is 1. The van der Waals surface area contributed by atoms with Crippen LogP contribution in [0.4, 0.5) is 4.79 Å². The molecule has 0 unspecified atom stereocenters. The van der Waals surface area contributed by atoms with Gasteiger partial charge in [-0.3, -0.25) is 4.98 Å². The summed E-state index contributed by atoms with van der Waals surface area (Å²) in [6.45, 7) is 4.80. The molecule has 0 aliphatic heterocycles. The Hall–Kier alpha value is -2.62. The van der Waals surface area contributed by atoms with Crippen molar-refractivity contribution in [3.8, 4) is 0 Å². The fourth-order valence-corrected chi connectivity index (χ4v) is 2.12. The molecule has 0 atom stereocenters. The SMILES string of the molecule is Cc1ccc(C=CCCNC(=O)OCc2ccccc2)c(C)n1. The number of amides is 1. The molecule has 1 N–H and O–H groups in total. The number of aromatic nitrogens is 1. The number of nitrogens with one attached hydrogen (secondary N) is 1. The van der Waals surface area contributed by atoms with Gasteiger partial charge in [0.25, 0.3) is 0 Å². The highest BCUT2D eigenvalue weighted by Gasteiger charge is 2.01. The number of pyridine rings is 1. The van der Waals surface area contributed by atoms with E-state index in [0.717, 1.165) is 28.9 Å². The summed E-state index contributed by atoms with van der Waals surface area (Å²) in [6.07, 6.45) is 4.40. The third kappa shape index (κ3) is 5.94. The van der Waals surface area contributed by atoms with Crippen LogP contribution in [-0.4, -0.2) is 17.6 Å². The predicted molar refractivity (Wildman–Crippen MR) is 92.0 cm³/mol. The van der Waals surface area contributed by atoms with Crippen LogP contribution in [0.15, 0.2) is 48.5 Å². The third-order valence-electron chi connectivity index (χ3n) is 3.36. The van der Waals surface area contributed by atoms with Gasteiger partial charge in [-0.15, -0.1) is 0 Å². The molecular formula is C19H22N2O2. The number of ether oxygens (including phenoxy) is 1. The summed E-state index contributed by atoms with van der Waals surface area (Å²) in [4.78, 5) is 16.0. The molecule has 2 rings (SSSR count).